The Morgan fingerprint density at radius 2 is 1.82 bits per heavy atom. The van der Waals surface area contributed by atoms with Crippen LogP contribution in [0.3, 0.4) is 0 Å². The topological polar surface area (TPSA) is 69.0 Å². The van der Waals surface area contributed by atoms with Gasteiger partial charge in [0.1, 0.15) is 23.9 Å². The average Bonchev–Trinajstić information content (AvgIpc) is 3.20. The summed E-state index contributed by atoms with van der Waals surface area (Å²) in [7, 11) is 0. The largest absolute Gasteiger partial charge is 0.491 e. The molecule has 0 bridgehead atoms. The van der Waals surface area contributed by atoms with Gasteiger partial charge >= 0.3 is 0 Å². The lowest BCUT2D eigenvalue weighted by Gasteiger charge is -2.15. The molecule has 33 heavy (non-hydrogen) atoms. The molecule has 1 N–H and O–H groups in total. The van der Waals surface area contributed by atoms with E-state index in [1.54, 1.807) is 18.3 Å². The fourth-order valence-electron chi connectivity index (χ4n) is 3.94. The van der Waals surface area contributed by atoms with E-state index in [9.17, 15) is 4.79 Å². The number of nitrogens with one attached hydrogen (secondary N) is 1. The second-order valence-electron chi connectivity index (χ2n) is 8.28. The Labute approximate surface area is 194 Å². The standard InChI is InChI=1S/C27H30N4O2/c1-20(2)21-10-3-6-14-25(21)33-19-18-31-24-13-5-4-11-22(24)30-26(31)15-9-17-29-27(32)23-12-7-8-16-28-23/h3-8,10-14,16,20H,9,15,17-19H2,1-2H3,(H,29,32). The number of hydrogen-bond acceptors (Lipinski definition) is 4. The Morgan fingerprint density at radius 1 is 1.03 bits per heavy atom. The fourth-order valence-corrected chi connectivity index (χ4v) is 3.94. The van der Waals surface area contributed by atoms with Gasteiger partial charge in [0.05, 0.1) is 17.6 Å². The molecule has 2 aromatic heterocycles. The molecule has 0 saturated heterocycles. The van der Waals surface area contributed by atoms with Crippen LogP contribution in [0.5, 0.6) is 5.75 Å². The van der Waals surface area contributed by atoms with Crippen LogP contribution in [-0.2, 0) is 13.0 Å². The maximum Gasteiger partial charge on any atom is 0.269 e. The molecular weight excluding hydrogens is 412 g/mol. The van der Waals surface area contributed by atoms with Crippen molar-refractivity contribution in [2.45, 2.75) is 39.2 Å². The number of fused-ring (bicyclic) bond motifs is 1. The summed E-state index contributed by atoms with van der Waals surface area (Å²) in [5.41, 5.74) is 3.73. The van der Waals surface area contributed by atoms with Gasteiger partial charge in [0.25, 0.3) is 5.91 Å². The fraction of sp³-hybridized carbons (Fsp3) is 0.296. The van der Waals surface area contributed by atoms with Crippen molar-refractivity contribution in [3.05, 3.63) is 90.0 Å². The lowest BCUT2D eigenvalue weighted by molar-refractivity contribution is 0.0948. The van der Waals surface area contributed by atoms with Crippen molar-refractivity contribution in [1.29, 1.82) is 0 Å². The molecular formula is C27H30N4O2. The summed E-state index contributed by atoms with van der Waals surface area (Å²) < 4.78 is 8.40. The summed E-state index contributed by atoms with van der Waals surface area (Å²) in [6.45, 7) is 6.19. The van der Waals surface area contributed by atoms with E-state index in [0.29, 0.717) is 31.3 Å². The highest BCUT2D eigenvalue weighted by Crippen LogP contribution is 2.26. The second-order valence-corrected chi connectivity index (χ2v) is 8.28. The number of aromatic nitrogens is 3. The van der Waals surface area contributed by atoms with E-state index in [0.717, 1.165) is 35.4 Å². The molecule has 0 fully saturated rings. The molecule has 4 aromatic rings. The molecule has 0 aliphatic carbocycles. The van der Waals surface area contributed by atoms with Crippen LogP contribution in [0.15, 0.2) is 72.9 Å². The van der Waals surface area contributed by atoms with Crippen molar-refractivity contribution >= 4 is 16.9 Å². The van der Waals surface area contributed by atoms with Crippen LogP contribution in [0.1, 0.15) is 48.1 Å². The molecule has 0 unspecified atom stereocenters. The van der Waals surface area contributed by atoms with E-state index < -0.39 is 0 Å². The smallest absolute Gasteiger partial charge is 0.269 e. The minimum absolute atomic E-state index is 0.152. The van der Waals surface area contributed by atoms with Crippen LogP contribution in [0.25, 0.3) is 11.0 Å². The third kappa shape index (κ3) is 5.58. The van der Waals surface area contributed by atoms with Crippen molar-refractivity contribution in [3.63, 3.8) is 0 Å². The van der Waals surface area contributed by atoms with Crippen molar-refractivity contribution in [1.82, 2.24) is 19.9 Å². The Kier molecular flexibility index (Phi) is 7.35. The van der Waals surface area contributed by atoms with E-state index >= 15 is 0 Å². The second kappa shape index (κ2) is 10.8. The number of carbonyl (C=O) groups is 1. The minimum atomic E-state index is -0.152. The van der Waals surface area contributed by atoms with Gasteiger partial charge in [-0.2, -0.15) is 0 Å². The van der Waals surface area contributed by atoms with Gasteiger partial charge in [-0.3, -0.25) is 9.78 Å². The van der Waals surface area contributed by atoms with Gasteiger partial charge in [-0.1, -0.05) is 50.2 Å². The SMILES string of the molecule is CC(C)c1ccccc1OCCn1c(CCCNC(=O)c2ccccn2)nc2ccccc21. The number of aryl methyl sites for hydroxylation is 1. The summed E-state index contributed by atoms with van der Waals surface area (Å²) >= 11 is 0. The lowest BCUT2D eigenvalue weighted by Crippen LogP contribution is -2.25. The Balaban J connectivity index is 1.39. The van der Waals surface area contributed by atoms with E-state index in [1.807, 2.05) is 36.4 Å². The number of ether oxygens (including phenoxy) is 1. The van der Waals surface area contributed by atoms with Crippen LogP contribution in [0.4, 0.5) is 0 Å². The molecule has 6 heteroatoms. The highest BCUT2D eigenvalue weighted by atomic mass is 16.5. The van der Waals surface area contributed by atoms with Gasteiger partial charge in [0.15, 0.2) is 0 Å². The molecule has 2 aromatic carbocycles. The van der Waals surface area contributed by atoms with Gasteiger partial charge in [0, 0.05) is 19.2 Å². The molecule has 6 nitrogen and oxygen atoms in total. The van der Waals surface area contributed by atoms with E-state index in [-0.39, 0.29) is 5.91 Å². The number of benzene rings is 2. The molecule has 0 saturated carbocycles. The number of imidazole rings is 1. The average molecular weight is 443 g/mol. The quantitative estimate of drug-likeness (QED) is 0.351. The number of hydrogen-bond donors (Lipinski definition) is 1. The van der Waals surface area contributed by atoms with Crippen LogP contribution < -0.4 is 10.1 Å². The zero-order valence-electron chi connectivity index (χ0n) is 19.2. The summed E-state index contributed by atoms with van der Waals surface area (Å²) in [6, 6.07) is 21.7. The van der Waals surface area contributed by atoms with Gasteiger partial charge < -0.3 is 14.6 Å². The monoisotopic (exact) mass is 442 g/mol. The molecule has 0 aliphatic rings. The van der Waals surface area contributed by atoms with Crippen molar-refractivity contribution in [2.24, 2.45) is 0 Å². The minimum Gasteiger partial charge on any atom is -0.491 e. The van der Waals surface area contributed by atoms with Crippen LogP contribution in [0.2, 0.25) is 0 Å². The molecule has 0 spiro atoms. The highest BCUT2D eigenvalue weighted by molar-refractivity contribution is 5.92. The lowest BCUT2D eigenvalue weighted by atomic mass is 10.0. The van der Waals surface area contributed by atoms with Gasteiger partial charge in [-0.15, -0.1) is 0 Å². The summed E-state index contributed by atoms with van der Waals surface area (Å²) in [5, 5.41) is 2.94. The molecule has 0 atom stereocenters. The molecule has 0 radical (unpaired) electrons. The maximum absolute atomic E-state index is 12.2. The predicted molar refractivity (Wildman–Crippen MR) is 131 cm³/mol. The number of para-hydroxylation sites is 3. The number of nitrogens with zero attached hydrogens (tertiary/aromatic N) is 3. The molecule has 0 aliphatic heterocycles. The molecule has 170 valence electrons. The summed E-state index contributed by atoms with van der Waals surface area (Å²) in [4.78, 5) is 21.1. The van der Waals surface area contributed by atoms with Crippen LogP contribution >= 0.6 is 0 Å². The zero-order valence-corrected chi connectivity index (χ0v) is 19.2. The number of rotatable bonds is 10. The first-order chi connectivity index (χ1) is 16.1. The van der Waals surface area contributed by atoms with E-state index in [4.69, 9.17) is 9.72 Å². The van der Waals surface area contributed by atoms with Crippen molar-refractivity contribution < 1.29 is 9.53 Å². The molecule has 4 rings (SSSR count). The van der Waals surface area contributed by atoms with Gasteiger partial charge in [-0.25, -0.2) is 4.98 Å². The Bertz CT molecular complexity index is 1200. The van der Waals surface area contributed by atoms with Crippen LogP contribution in [0, 0.1) is 0 Å². The van der Waals surface area contributed by atoms with E-state index in [1.165, 1.54) is 5.56 Å². The third-order valence-electron chi connectivity index (χ3n) is 5.61. The van der Waals surface area contributed by atoms with Gasteiger partial charge in [-0.05, 0) is 48.2 Å². The Morgan fingerprint density at radius 3 is 2.64 bits per heavy atom. The zero-order chi connectivity index (χ0) is 23.0. The first kappa shape index (κ1) is 22.5. The van der Waals surface area contributed by atoms with Crippen molar-refractivity contribution in [3.8, 4) is 5.75 Å². The number of carbonyl (C=O) groups excluding carboxylic acids is 1. The Hall–Kier alpha value is -3.67. The number of amides is 1. The summed E-state index contributed by atoms with van der Waals surface area (Å²) in [5.74, 6) is 2.20. The van der Waals surface area contributed by atoms with Crippen molar-refractivity contribution in [2.75, 3.05) is 13.2 Å². The first-order valence-electron chi connectivity index (χ1n) is 11.5. The maximum atomic E-state index is 12.2. The third-order valence-corrected chi connectivity index (χ3v) is 5.61. The van der Waals surface area contributed by atoms with Gasteiger partial charge in [0.2, 0.25) is 0 Å². The predicted octanol–water partition coefficient (Wildman–Crippen LogP) is 5.00. The molecule has 2 heterocycles. The first-order valence-corrected chi connectivity index (χ1v) is 11.5. The van der Waals surface area contributed by atoms with E-state index in [2.05, 4.69) is 46.9 Å². The summed E-state index contributed by atoms with van der Waals surface area (Å²) in [6.07, 6.45) is 3.18. The van der Waals surface area contributed by atoms with Crippen LogP contribution in [-0.4, -0.2) is 33.6 Å². The number of pyridine rings is 1. The normalized spacial score (nSPS) is 11.1. The highest BCUT2D eigenvalue weighted by Gasteiger charge is 2.12. The molecule has 1 amide bonds.